The van der Waals surface area contributed by atoms with Crippen LogP contribution in [0.2, 0.25) is 0 Å². The third kappa shape index (κ3) is 4.98. The van der Waals surface area contributed by atoms with Crippen LogP contribution in [0.5, 0.6) is 0 Å². The van der Waals surface area contributed by atoms with Crippen LogP contribution >= 0.6 is 0 Å². The van der Waals surface area contributed by atoms with E-state index in [-0.39, 0.29) is 30.9 Å². The number of likely N-dealkylation sites (tertiary alicyclic amines) is 1. The maximum absolute atomic E-state index is 12.2. The average Bonchev–Trinajstić information content (AvgIpc) is 3.05. The van der Waals surface area contributed by atoms with Crippen molar-refractivity contribution in [3.63, 3.8) is 0 Å². The summed E-state index contributed by atoms with van der Waals surface area (Å²) in [5, 5.41) is 2.75. The molecule has 1 aliphatic rings. The van der Waals surface area contributed by atoms with Crippen LogP contribution in [0.4, 0.5) is 5.69 Å². The Kier molecular flexibility index (Phi) is 6.02. The summed E-state index contributed by atoms with van der Waals surface area (Å²) in [5.74, 6) is -0.103. The van der Waals surface area contributed by atoms with E-state index in [1.54, 1.807) is 0 Å². The molecule has 5 nitrogen and oxygen atoms in total. The average molecular weight is 317 g/mol. The molecule has 1 saturated heterocycles. The number of carbonyl (C=O) groups is 2. The first-order valence-corrected chi connectivity index (χ1v) is 8.35. The highest BCUT2D eigenvalue weighted by atomic mass is 16.2. The molecule has 0 aliphatic carbocycles. The Bertz CT molecular complexity index is 534. The van der Waals surface area contributed by atoms with Crippen LogP contribution in [0.25, 0.3) is 0 Å². The van der Waals surface area contributed by atoms with Gasteiger partial charge in [-0.3, -0.25) is 9.59 Å². The summed E-state index contributed by atoms with van der Waals surface area (Å²) in [5.41, 5.74) is 2.21. The van der Waals surface area contributed by atoms with Gasteiger partial charge in [0.15, 0.2) is 0 Å². The van der Waals surface area contributed by atoms with Gasteiger partial charge in [0.2, 0.25) is 11.8 Å². The van der Waals surface area contributed by atoms with E-state index in [2.05, 4.69) is 19.2 Å². The number of nitrogens with zero attached hydrogens (tertiary/aromatic N) is 2. The second-order valence-corrected chi connectivity index (χ2v) is 6.42. The zero-order valence-corrected chi connectivity index (χ0v) is 14.3. The number of nitrogens with one attached hydrogen (secondary N) is 1. The number of hydrogen-bond donors (Lipinski definition) is 1. The molecule has 0 bridgehead atoms. The minimum atomic E-state index is -0.119. The molecule has 1 N–H and O–H groups in total. The lowest BCUT2D eigenvalue weighted by Gasteiger charge is -2.28. The fraction of sp³-hybridized carbons (Fsp3) is 0.556. The van der Waals surface area contributed by atoms with E-state index in [9.17, 15) is 9.59 Å². The molecule has 0 saturated carbocycles. The predicted octanol–water partition coefficient (Wildman–Crippen LogP) is 1.95. The molecule has 0 spiro atoms. The molecule has 0 unspecified atom stereocenters. The number of anilines is 1. The van der Waals surface area contributed by atoms with Gasteiger partial charge in [-0.15, -0.1) is 0 Å². The number of amides is 2. The van der Waals surface area contributed by atoms with Gasteiger partial charge in [0, 0.05) is 24.8 Å². The van der Waals surface area contributed by atoms with Gasteiger partial charge in [-0.25, -0.2) is 0 Å². The maximum Gasteiger partial charge on any atom is 0.241 e. The van der Waals surface area contributed by atoms with Crippen LogP contribution < -0.4 is 10.2 Å². The molecule has 5 heteroatoms. The molecule has 0 radical (unpaired) electrons. The summed E-state index contributed by atoms with van der Waals surface area (Å²) in [6.45, 7) is 8.14. The van der Waals surface area contributed by atoms with Crippen LogP contribution in [0.3, 0.4) is 0 Å². The van der Waals surface area contributed by atoms with E-state index in [0.29, 0.717) is 0 Å². The second kappa shape index (κ2) is 7.99. The van der Waals surface area contributed by atoms with Gasteiger partial charge in [-0.05, 0) is 45.7 Å². The molecular formula is C18H27N3O2. The second-order valence-electron chi connectivity index (χ2n) is 6.42. The quantitative estimate of drug-likeness (QED) is 0.872. The molecule has 1 aromatic carbocycles. The Morgan fingerprint density at radius 3 is 2.35 bits per heavy atom. The summed E-state index contributed by atoms with van der Waals surface area (Å²) >= 11 is 0. The molecule has 0 atom stereocenters. The zero-order valence-electron chi connectivity index (χ0n) is 14.3. The van der Waals surface area contributed by atoms with E-state index in [4.69, 9.17) is 0 Å². The highest BCUT2D eigenvalue weighted by Gasteiger charge is 2.19. The zero-order chi connectivity index (χ0) is 16.8. The van der Waals surface area contributed by atoms with Crippen LogP contribution in [0.1, 0.15) is 32.3 Å². The lowest BCUT2D eigenvalue weighted by atomic mass is 10.2. The van der Waals surface area contributed by atoms with E-state index in [0.717, 1.165) is 31.6 Å². The third-order valence-corrected chi connectivity index (χ3v) is 4.20. The van der Waals surface area contributed by atoms with Crippen molar-refractivity contribution in [3.8, 4) is 0 Å². The molecule has 2 rings (SSSR count). The SMILES string of the molecule is Cc1ccc(N(CC(=O)NCC(=O)N2CCCC2)C(C)C)cc1. The van der Waals surface area contributed by atoms with Crippen molar-refractivity contribution in [3.05, 3.63) is 29.8 Å². The van der Waals surface area contributed by atoms with Crippen LogP contribution in [0.15, 0.2) is 24.3 Å². The van der Waals surface area contributed by atoms with Gasteiger partial charge in [-0.2, -0.15) is 0 Å². The highest BCUT2D eigenvalue weighted by Crippen LogP contribution is 2.17. The van der Waals surface area contributed by atoms with Crippen molar-refractivity contribution < 1.29 is 9.59 Å². The Morgan fingerprint density at radius 1 is 1.17 bits per heavy atom. The first-order valence-electron chi connectivity index (χ1n) is 8.35. The highest BCUT2D eigenvalue weighted by molar-refractivity contribution is 5.87. The summed E-state index contributed by atoms with van der Waals surface area (Å²) < 4.78 is 0. The molecule has 126 valence electrons. The summed E-state index contributed by atoms with van der Waals surface area (Å²) in [4.78, 5) is 28.0. The molecule has 0 aromatic heterocycles. The van der Waals surface area contributed by atoms with Crippen LogP contribution in [-0.4, -0.2) is 48.9 Å². The maximum atomic E-state index is 12.2. The van der Waals surface area contributed by atoms with E-state index < -0.39 is 0 Å². The molecule has 2 amide bonds. The fourth-order valence-corrected chi connectivity index (χ4v) is 2.77. The van der Waals surface area contributed by atoms with E-state index in [1.807, 2.05) is 41.0 Å². The van der Waals surface area contributed by atoms with Crippen molar-refractivity contribution >= 4 is 17.5 Å². The minimum absolute atomic E-state index is 0.0160. The van der Waals surface area contributed by atoms with Gasteiger partial charge in [0.25, 0.3) is 0 Å². The van der Waals surface area contributed by atoms with Crippen molar-refractivity contribution in [2.45, 2.75) is 39.7 Å². The fourth-order valence-electron chi connectivity index (χ4n) is 2.77. The first kappa shape index (κ1) is 17.3. The molecule has 1 aromatic rings. The van der Waals surface area contributed by atoms with E-state index in [1.165, 1.54) is 5.56 Å². The minimum Gasteiger partial charge on any atom is -0.360 e. The number of aryl methyl sites for hydroxylation is 1. The molecule has 1 heterocycles. The number of carbonyl (C=O) groups excluding carboxylic acids is 2. The Hall–Kier alpha value is -2.04. The molecular weight excluding hydrogens is 290 g/mol. The summed E-state index contributed by atoms with van der Waals surface area (Å²) in [7, 11) is 0. The van der Waals surface area contributed by atoms with Crippen molar-refractivity contribution in [1.82, 2.24) is 10.2 Å². The topological polar surface area (TPSA) is 52.7 Å². The largest absolute Gasteiger partial charge is 0.360 e. The monoisotopic (exact) mass is 317 g/mol. The smallest absolute Gasteiger partial charge is 0.241 e. The van der Waals surface area contributed by atoms with Gasteiger partial charge in [0.05, 0.1) is 13.1 Å². The van der Waals surface area contributed by atoms with Crippen LogP contribution in [-0.2, 0) is 9.59 Å². The Labute approximate surface area is 138 Å². The number of benzene rings is 1. The summed E-state index contributed by atoms with van der Waals surface area (Å²) in [6.07, 6.45) is 2.13. The Balaban J connectivity index is 1.88. The van der Waals surface area contributed by atoms with Gasteiger partial charge >= 0.3 is 0 Å². The number of rotatable bonds is 6. The molecule has 1 aliphatic heterocycles. The molecule has 1 fully saturated rings. The Morgan fingerprint density at radius 2 is 1.78 bits per heavy atom. The van der Waals surface area contributed by atoms with Crippen molar-refractivity contribution in [1.29, 1.82) is 0 Å². The molecule has 23 heavy (non-hydrogen) atoms. The number of hydrogen-bond acceptors (Lipinski definition) is 3. The summed E-state index contributed by atoms with van der Waals surface area (Å²) in [6, 6.07) is 8.34. The van der Waals surface area contributed by atoms with Gasteiger partial charge < -0.3 is 15.1 Å². The lowest BCUT2D eigenvalue weighted by Crippen LogP contribution is -2.44. The first-order chi connectivity index (χ1) is 11.0. The predicted molar refractivity (Wildman–Crippen MR) is 92.5 cm³/mol. The normalized spacial score (nSPS) is 14.2. The van der Waals surface area contributed by atoms with Crippen molar-refractivity contribution in [2.75, 3.05) is 31.1 Å². The third-order valence-electron chi connectivity index (χ3n) is 4.20. The van der Waals surface area contributed by atoms with Crippen LogP contribution in [0, 0.1) is 6.92 Å². The van der Waals surface area contributed by atoms with Gasteiger partial charge in [0.1, 0.15) is 0 Å². The van der Waals surface area contributed by atoms with Crippen molar-refractivity contribution in [2.24, 2.45) is 0 Å². The van der Waals surface area contributed by atoms with Gasteiger partial charge in [-0.1, -0.05) is 17.7 Å². The van der Waals surface area contributed by atoms with E-state index >= 15 is 0 Å². The lowest BCUT2D eigenvalue weighted by molar-refractivity contribution is -0.131. The standard InChI is InChI=1S/C18H27N3O2/c1-14(2)21(16-8-6-15(3)7-9-16)13-17(22)19-12-18(23)20-10-4-5-11-20/h6-9,14H,4-5,10-13H2,1-3H3,(H,19,22).